The second kappa shape index (κ2) is 7.58. The van der Waals surface area contributed by atoms with Crippen LogP contribution in [0, 0.1) is 22.7 Å². The minimum absolute atomic E-state index is 0.486. The van der Waals surface area contributed by atoms with E-state index in [2.05, 4.69) is 41.4 Å². The zero-order chi connectivity index (χ0) is 19.3. The molecular weight excluding hydrogens is 342 g/mol. The van der Waals surface area contributed by atoms with Gasteiger partial charge in [-0.2, -0.15) is 10.5 Å². The van der Waals surface area contributed by atoms with E-state index in [0.29, 0.717) is 11.1 Å². The molecule has 3 heteroatoms. The van der Waals surface area contributed by atoms with Crippen LogP contribution in [0.3, 0.4) is 0 Å². The predicted octanol–water partition coefficient (Wildman–Crippen LogP) is 5.83. The van der Waals surface area contributed by atoms with Crippen LogP contribution in [0.2, 0.25) is 0 Å². The molecule has 0 fully saturated rings. The van der Waals surface area contributed by atoms with Crippen molar-refractivity contribution in [1.29, 1.82) is 10.5 Å². The molecule has 0 radical (unpaired) electrons. The second-order valence-electron chi connectivity index (χ2n) is 6.36. The van der Waals surface area contributed by atoms with Crippen molar-refractivity contribution in [3.8, 4) is 45.6 Å². The van der Waals surface area contributed by atoms with Gasteiger partial charge in [-0.3, -0.25) is 4.98 Å². The van der Waals surface area contributed by atoms with Crippen molar-refractivity contribution in [2.24, 2.45) is 0 Å². The minimum atomic E-state index is 0.486. The molecule has 4 aromatic rings. The van der Waals surface area contributed by atoms with Crippen molar-refractivity contribution in [1.82, 2.24) is 4.98 Å². The summed E-state index contributed by atoms with van der Waals surface area (Å²) in [4.78, 5) is 4.43. The van der Waals surface area contributed by atoms with E-state index >= 15 is 0 Å². The van der Waals surface area contributed by atoms with E-state index in [-0.39, 0.29) is 0 Å². The fourth-order valence-corrected chi connectivity index (χ4v) is 3.22. The molecule has 1 heterocycles. The Morgan fingerprint density at radius 2 is 1.32 bits per heavy atom. The third-order valence-electron chi connectivity index (χ3n) is 4.60. The van der Waals surface area contributed by atoms with E-state index < -0.39 is 0 Å². The van der Waals surface area contributed by atoms with Gasteiger partial charge in [-0.05, 0) is 58.7 Å². The summed E-state index contributed by atoms with van der Waals surface area (Å²) in [6, 6.07) is 31.7. The van der Waals surface area contributed by atoms with Crippen molar-refractivity contribution < 1.29 is 0 Å². The summed E-state index contributed by atoms with van der Waals surface area (Å²) in [5.74, 6) is 0. The first kappa shape index (κ1) is 17.2. The molecule has 0 bridgehead atoms. The van der Waals surface area contributed by atoms with Crippen LogP contribution in [0.1, 0.15) is 11.1 Å². The number of hydrogen-bond donors (Lipinski definition) is 0. The van der Waals surface area contributed by atoms with Gasteiger partial charge in [-0.25, -0.2) is 0 Å². The van der Waals surface area contributed by atoms with E-state index in [1.165, 1.54) is 0 Å². The maximum atomic E-state index is 9.48. The lowest BCUT2D eigenvalue weighted by molar-refractivity contribution is 1.33. The lowest BCUT2D eigenvalue weighted by atomic mass is 9.94. The highest BCUT2D eigenvalue weighted by Gasteiger charge is 2.08. The van der Waals surface area contributed by atoms with Gasteiger partial charge in [0.05, 0.1) is 29.0 Å². The highest BCUT2D eigenvalue weighted by Crippen LogP contribution is 2.30. The monoisotopic (exact) mass is 357 g/mol. The quantitative estimate of drug-likeness (QED) is 0.464. The van der Waals surface area contributed by atoms with Gasteiger partial charge in [-0.15, -0.1) is 0 Å². The zero-order valence-corrected chi connectivity index (χ0v) is 15.0. The number of nitrogens with zero attached hydrogens (tertiary/aromatic N) is 3. The van der Waals surface area contributed by atoms with Crippen molar-refractivity contribution in [2.45, 2.75) is 0 Å². The Hall–Kier alpha value is -4.21. The first-order chi connectivity index (χ1) is 13.8. The van der Waals surface area contributed by atoms with Gasteiger partial charge in [-0.1, -0.05) is 48.5 Å². The smallest absolute Gasteiger partial charge is 0.0998 e. The van der Waals surface area contributed by atoms with E-state index in [1.807, 2.05) is 48.5 Å². The van der Waals surface area contributed by atoms with Crippen LogP contribution >= 0.6 is 0 Å². The first-order valence-electron chi connectivity index (χ1n) is 8.85. The fraction of sp³-hybridized carbons (Fsp3) is 0. The molecule has 4 rings (SSSR count). The molecule has 3 nitrogen and oxygen atoms in total. The van der Waals surface area contributed by atoms with Gasteiger partial charge >= 0.3 is 0 Å². The van der Waals surface area contributed by atoms with Crippen LogP contribution in [0.4, 0.5) is 0 Å². The molecule has 0 N–H and O–H groups in total. The van der Waals surface area contributed by atoms with Gasteiger partial charge in [0.1, 0.15) is 0 Å². The third-order valence-corrected chi connectivity index (χ3v) is 4.60. The molecule has 0 saturated heterocycles. The number of rotatable bonds is 3. The minimum Gasteiger partial charge on any atom is -0.256 e. The first-order valence-corrected chi connectivity index (χ1v) is 8.85. The van der Waals surface area contributed by atoms with Gasteiger partial charge in [0.15, 0.2) is 0 Å². The number of aromatic nitrogens is 1. The van der Waals surface area contributed by atoms with Crippen molar-refractivity contribution in [3.63, 3.8) is 0 Å². The summed E-state index contributed by atoms with van der Waals surface area (Å²) in [6.45, 7) is 0. The molecule has 0 spiro atoms. The molecule has 130 valence electrons. The maximum absolute atomic E-state index is 9.48. The van der Waals surface area contributed by atoms with Crippen LogP contribution in [0.5, 0.6) is 0 Å². The van der Waals surface area contributed by atoms with Gasteiger partial charge in [0.2, 0.25) is 0 Å². The molecule has 0 saturated carbocycles. The number of benzene rings is 3. The summed E-state index contributed by atoms with van der Waals surface area (Å²) in [5.41, 5.74) is 6.88. The number of pyridine rings is 1. The molecule has 28 heavy (non-hydrogen) atoms. The highest BCUT2D eigenvalue weighted by molar-refractivity contribution is 5.78. The Bertz CT molecular complexity index is 1230. The Kier molecular flexibility index (Phi) is 4.66. The van der Waals surface area contributed by atoms with E-state index in [0.717, 1.165) is 33.5 Å². The molecule has 0 amide bonds. The van der Waals surface area contributed by atoms with Crippen LogP contribution in [-0.4, -0.2) is 4.98 Å². The van der Waals surface area contributed by atoms with E-state index in [1.54, 1.807) is 18.3 Å². The highest BCUT2D eigenvalue weighted by atomic mass is 14.7. The lowest BCUT2D eigenvalue weighted by Gasteiger charge is -2.09. The summed E-state index contributed by atoms with van der Waals surface area (Å²) in [5, 5.41) is 18.5. The Morgan fingerprint density at radius 3 is 2.00 bits per heavy atom. The van der Waals surface area contributed by atoms with Crippen LogP contribution in [-0.2, 0) is 0 Å². The molecule has 0 aliphatic carbocycles. The molecule has 0 aliphatic heterocycles. The van der Waals surface area contributed by atoms with Crippen LogP contribution in [0.15, 0.2) is 91.1 Å². The van der Waals surface area contributed by atoms with Crippen molar-refractivity contribution >= 4 is 0 Å². The standard InChI is InChI=1S/C25H15N3/c26-16-18-10-11-24(23(13-18)17-27)21-7-3-5-19(14-21)20-6-4-8-22(15-20)25-9-1-2-12-28-25/h1-15H. The van der Waals surface area contributed by atoms with Crippen LogP contribution < -0.4 is 0 Å². The molecule has 0 unspecified atom stereocenters. The van der Waals surface area contributed by atoms with E-state index in [4.69, 9.17) is 5.26 Å². The Morgan fingerprint density at radius 1 is 0.607 bits per heavy atom. The summed E-state index contributed by atoms with van der Waals surface area (Å²) in [7, 11) is 0. The van der Waals surface area contributed by atoms with Crippen molar-refractivity contribution in [3.05, 3.63) is 102 Å². The number of hydrogen-bond acceptors (Lipinski definition) is 3. The van der Waals surface area contributed by atoms with Gasteiger partial charge in [0.25, 0.3) is 0 Å². The fourth-order valence-electron chi connectivity index (χ4n) is 3.22. The SMILES string of the molecule is N#Cc1ccc(-c2cccc(-c3cccc(-c4ccccn4)c3)c2)c(C#N)c1. The molecule has 0 aliphatic rings. The predicted molar refractivity (Wildman–Crippen MR) is 110 cm³/mol. The summed E-state index contributed by atoms with van der Waals surface area (Å²) < 4.78 is 0. The van der Waals surface area contributed by atoms with Gasteiger partial charge < -0.3 is 0 Å². The average Bonchev–Trinajstić information content (AvgIpc) is 2.79. The lowest BCUT2D eigenvalue weighted by Crippen LogP contribution is -1.88. The Labute approximate surface area is 163 Å². The summed E-state index contributed by atoms with van der Waals surface area (Å²) >= 11 is 0. The van der Waals surface area contributed by atoms with Crippen molar-refractivity contribution in [2.75, 3.05) is 0 Å². The third kappa shape index (κ3) is 3.38. The largest absolute Gasteiger partial charge is 0.256 e. The van der Waals surface area contributed by atoms with Crippen LogP contribution in [0.25, 0.3) is 33.5 Å². The van der Waals surface area contributed by atoms with Gasteiger partial charge in [0, 0.05) is 11.8 Å². The average molecular weight is 357 g/mol. The molecule has 0 atom stereocenters. The summed E-state index contributed by atoms with van der Waals surface area (Å²) in [6.07, 6.45) is 1.79. The maximum Gasteiger partial charge on any atom is 0.0998 e. The second-order valence-corrected chi connectivity index (χ2v) is 6.36. The molecule has 3 aromatic carbocycles. The Balaban J connectivity index is 1.77. The molecule has 1 aromatic heterocycles. The topological polar surface area (TPSA) is 60.5 Å². The zero-order valence-electron chi connectivity index (χ0n) is 15.0. The normalized spacial score (nSPS) is 10.1. The van der Waals surface area contributed by atoms with E-state index in [9.17, 15) is 5.26 Å². The number of nitriles is 2. The molecular formula is C25H15N3.